The van der Waals surface area contributed by atoms with Crippen molar-refractivity contribution in [2.24, 2.45) is 5.41 Å². The lowest BCUT2D eigenvalue weighted by Crippen LogP contribution is -2.36. The molecule has 6 heteroatoms. The fourth-order valence-corrected chi connectivity index (χ4v) is 3.87. The Morgan fingerprint density at radius 2 is 1.95 bits per heavy atom. The van der Waals surface area contributed by atoms with Crippen molar-refractivity contribution < 1.29 is 9.18 Å². The molecule has 1 amide bonds. The standard InChI is InChI=1S/C16H14Cl2FNOS/c1-15(9-16(15,17)18)14(21)20-13(12-3-2-8-22-12)10-4-6-11(19)7-5-10/h2-8,13H,9H2,1H3,(H,20,21)/t13-,15+/m1/s1. The molecule has 3 rings (SSSR count). The number of carbonyl (C=O) groups is 1. The number of thiophene rings is 1. The molecule has 1 aliphatic rings. The van der Waals surface area contributed by atoms with Crippen molar-refractivity contribution in [3.63, 3.8) is 0 Å². The number of carbonyl (C=O) groups excluding carboxylic acids is 1. The van der Waals surface area contributed by atoms with Gasteiger partial charge >= 0.3 is 0 Å². The van der Waals surface area contributed by atoms with Crippen LogP contribution in [0.1, 0.15) is 29.8 Å². The van der Waals surface area contributed by atoms with E-state index in [1.54, 1.807) is 19.1 Å². The zero-order valence-corrected chi connectivity index (χ0v) is 14.1. The number of hydrogen-bond donors (Lipinski definition) is 1. The van der Waals surface area contributed by atoms with E-state index >= 15 is 0 Å². The summed E-state index contributed by atoms with van der Waals surface area (Å²) in [5.41, 5.74) is 0.0299. The molecule has 0 saturated heterocycles. The van der Waals surface area contributed by atoms with Gasteiger partial charge in [0.25, 0.3) is 0 Å². The van der Waals surface area contributed by atoms with E-state index in [9.17, 15) is 9.18 Å². The molecule has 2 aromatic rings. The zero-order valence-electron chi connectivity index (χ0n) is 11.8. The SMILES string of the molecule is C[C@@]1(C(=O)N[C@H](c2ccc(F)cc2)c2cccs2)CC1(Cl)Cl. The van der Waals surface area contributed by atoms with Crippen molar-refractivity contribution in [2.45, 2.75) is 23.7 Å². The smallest absolute Gasteiger partial charge is 0.229 e. The molecule has 22 heavy (non-hydrogen) atoms. The summed E-state index contributed by atoms with van der Waals surface area (Å²) in [6.07, 6.45) is 0.426. The fraction of sp³-hybridized carbons (Fsp3) is 0.312. The molecule has 1 heterocycles. The van der Waals surface area contributed by atoms with Crippen LogP contribution in [0.15, 0.2) is 41.8 Å². The fourth-order valence-electron chi connectivity index (χ4n) is 2.37. The quantitative estimate of drug-likeness (QED) is 0.791. The average molecular weight is 358 g/mol. The maximum atomic E-state index is 13.1. The first-order chi connectivity index (χ1) is 10.3. The number of rotatable bonds is 4. The van der Waals surface area contributed by atoms with Crippen LogP contribution in [-0.4, -0.2) is 10.2 Å². The summed E-state index contributed by atoms with van der Waals surface area (Å²) in [6, 6.07) is 9.61. The molecule has 1 aromatic heterocycles. The van der Waals surface area contributed by atoms with Gasteiger partial charge in [-0.05, 0) is 42.5 Å². The number of halogens is 3. The van der Waals surface area contributed by atoms with Crippen LogP contribution in [0.2, 0.25) is 0 Å². The van der Waals surface area contributed by atoms with E-state index in [2.05, 4.69) is 5.32 Å². The molecule has 1 saturated carbocycles. The summed E-state index contributed by atoms with van der Waals surface area (Å²) in [7, 11) is 0. The molecule has 0 aliphatic heterocycles. The third-order valence-corrected chi connectivity index (χ3v) is 6.10. The Morgan fingerprint density at radius 3 is 2.45 bits per heavy atom. The summed E-state index contributed by atoms with van der Waals surface area (Å²) in [5, 5.41) is 4.93. The largest absolute Gasteiger partial charge is 0.344 e. The number of benzene rings is 1. The number of nitrogens with one attached hydrogen (secondary N) is 1. The molecule has 0 spiro atoms. The highest BCUT2D eigenvalue weighted by atomic mass is 35.5. The van der Waals surface area contributed by atoms with Crippen LogP contribution in [0.4, 0.5) is 4.39 Å². The van der Waals surface area contributed by atoms with E-state index in [4.69, 9.17) is 23.2 Å². The molecule has 116 valence electrons. The summed E-state index contributed by atoms with van der Waals surface area (Å²) in [4.78, 5) is 13.5. The zero-order chi connectivity index (χ0) is 16.0. The molecule has 1 N–H and O–H groups in total. The summed E-state index contributed by atoms with van der Waals surface area (Å²) in [6.45, 7) is 1.75. The van der Waals surface area contributed by atoms with Crippen molar-refractivity contribution >= 4 is 40.4 Å². The second-order valence-electron chi connectivity index (χ2n) is 5.69. The Bertz CT molecular complexity index is 687. The number of alkyl halides is 2. The normalized spacial score (nSPS) is 23.8. The van der Waals surface area contributed by atoms with Gasteiger partial charge in [0.1, 0.15) is 10.2 Å². The van der Waals surface area contributed by atoms with Crippen LogP contribution < -0.4 is 5.32 Å². The molecular formula is C16H14Cl2FNOS. The molecule has 0 bridgehead atoms. The molecule has 0 radical (unpaired) electrons. The number of hydrogen-bond acceptors (Lipinski definition) is 2. The van der Waals surface area contributed by atoms with Crippen molar-refractivity contribution in [3.05, 3.63) is 58.0 Å². The predicted octanol–water partition coefficient (Wildman–Crippen LogP) is 4.68. The average Bonchev–Trinajstić information content (AvgIpc) is 2.85. The molecule has 1 aliphatic carbocycles. The van der Waals surface area contributed by atoms with E-state index in [0.29, 0.717) is 6.42 Å². The molecule has 0 unspecified atom stereocenters. The topological polar surface area (TPSA) is 29.1 Å². The Hall–Kier alpha value is -1.10. The lowest BCUT2D eigenvalue weighted by atomic mass is 10.0. The van der Waals surface area contributed by atoms with Gasteiger partial charge in [-0.15, -0.1) is 34.5 Å². The van der Waals surface area contributed by atoms with Crippen molar-refractivity contribution in [1.29, 1.82) is 0 Å². The Balaban J connectivity index is 1.87. The Labute approximate surface area is 142 Å². The monoisotopic (exact) mass is 357 g/mol. The van der Waals surface area contributed by atoms with Gasteiger partial charge < -0.3 is 5.32 Å². The minimum atomic E-state index is -1.01. The Morgan fingerprint density at radius 1 is 1.32 bits per heavy atom. The van der Waals surface area contributed by atoms with E-state index in [1.165, 1.54) is 23.5 Å². The highest BCUT2D eigenvalue weighted by Gasteiger charge is 2.68. The third kappa shape index (κ3) is 2.75. The van der Waals surface area contributed by atoms with Crippen molar-refractivity contribution in [2.75, 3.05) is 0 Å². The van der Waals surface area contributed by atoms with Crippen molar-refractivity contribution in [3.8, 4) is 0 Å². The van der Waals surface area contributed by atoms with Gasteiger partial charge in [-0.2, -0.15) is 0 Å². The third-order valence-electron chi connectivity index (χ3n) is 4.07. The first-order valence-electron chi connectivity index (χ1n) is 6.81. The van der Waals surface area contributed by atoms with Crippen LogP contribution in [0.3, 0.4) is 0 Å². The minimum absolute atomic E-state index is 0.194. The first kappa shape index (κ1) is 15.8. The summed E-state index contributed by atoms with van der Waals surface area (Å²) < 4.78 is 12.1. The molecule has 1 aromatic carbocycles. The first-order valence-corrected chi connectivity index (χ1v) is 8.45. The molecule has 2 nitrogen and oxygen atoms in total. The van der Waals surface area contributed by atoms with Gasteiger partial charge in [0.15, 0.2) is 0 Å². The van der Waals surface area contributed by atoms with Crippen LogP contribution in [0.5, 0.6) is 0 Å². The molecule has 2 atom stereocenters. The van der Waals surface area contributed by atoms with E-state index in [1.807, 2.05) is 17.5 Å². The van der Waals surface area contributed by atoms with Gasteiger partial charge in [0, 0.05) is 4.88 Å². The second-order valence-corrected chi connectivity index (χ2v) is 8.15. The predicted molar refractivity (Wildman–Crippen MR) is 87.9 cm³/mol. The van der Waals surface area contributed by atoms with Gasteiger partial charge in [-0.3, -0.25) is 4.79 Å². The summed E-state index contributed by atoms with van der Waals surface area (Å²) in [5.74, 6) is -0.505. The van der Waals surface area contributed by atoms with Crippen LogP contribution in [-0.2, 0) is 4.79 Å². The van der Waals surface area contributed by atoms with E-state index in [-0.39, 0.29) is 17.8 Å². The highest BCUT2D eigenvalue weighted by Crippen LogP contribution is 2.64. The molecule has 1 fully saturated rings. The van der Waals surface area contributed by atoms with E-state index in [0.717, 1.165) is 10.4 Å². The van der Waals surface area contributed by atoms with Gasteiger partial charge in [-0.25, -0.2) is 4.39 Å². The maximum Gasteiger partial charge on any atom is 0.229 e. The number of amides is 1. The Kier molecular flexibility index (Phi) is 3.96. The van der Waals surface area contributed by atoms with Gasteiger partial charge in [0.05, 0.1) is 11.5 Å². The maximum absolute atomic E-state index is 13.1. The lowest BCUT2D eigenvalue weighted by molar-refractivity contribution is -0.126. The minimum Gasteiger partial charge on any atom is -0.344 e. The van der Waals surface area contributed by atoms with Gasteiger partial charge in [0.2, 0.25) is 5.91 Å². The van der Waals surface area contributed by atoms with Crippen LogP contribution in [0, 0.1) is 11.2 Å². The van der Waals surface area contributed by atoms with E-state index < -0.39 is 9.75 Å². The lowest BCUT2D eigenvalue weighted by Gasteiger charge is -2.21. The second kappa shape index (κ2) is 5.52. The van der Waals surface area contributed by atoms with Crippen LogP contribution in [0.25, 0.3) is 0 Å². The summed E-state index contributed by atoms with van der Waals surface area (Å²) >= 11 is 13.7. The molecular weight excluding hydrogens is 344 g/mol. The van der Waals surface area contributed by atoms with Crippen LogP contribution >= 0.6 is 34.5 Å². The van der Waals surface area contributed by atoms with Crippen molar-refractivity contribution in [1.82, 2.24) is 5.32 Å². The highest BCUT2D eigenvalue weighted by molar-refractivity contribution is 7.10. The van der Waals surface area contributed by atoms with Gasteiger partial charge in [-0.1, -0.05) is 18.2 Å².